The van der Waals surface area contributed by atoms with Crippen LogP contribution in [0, 0.1) is 0 Å². The SMILES string of the molecule is c1ccc(-c2ccc(-c3ccc4oc5ccccc5c4c3N(c3ccccc3)c3cccc(-c4cccc5ccccc45)c3)c(-c3ccccc3)c2)cc1. The van der Waals surface area contributed by atoms with Crippen molar-refractivity contribution in [2.75, 3.05) is 4.90 Å². The molecular formula is C52H35NO. The zero-order chi connectivity index (χ0) is 35.8. The van der Waals surface area contributed by atoms with Crippen LogP contribution in [0.1, 0.15) is 0 Å². The van der Waals surface area contributed by atoms with Crippen LogP contribution in [-0.4, -0.2) is 0 Å². The van der Waals surface area contributed by atoms with Gasteiger partial charge in [-0.1, -0.05) is 164 Å². The molecular weight excluding hydrogens is 655 g/mol. The summed E-state index contributed by atoms with van der Waals surface area (Å²) in [6.07, 6.45) is 0. The molecule has 9 aromatic carbocycles. The summed E-state index contributed by atoms with van der Waals surface area (Å²) < 4.78 is 6.61. The van der Waals surface area contributed by atoms with E-state index in [1.165, 1.54) is 33.0 Å². The fourth-order valence-corrected chi connectivity index (χ4v) is 7.97. The number of rotatable bonds is 7. The summed E-state index contributed by atoms with van der Waals surface area (Å²) in [5.41, 5.74) is 14.2. The lowest BCUT2D eigenvalue weighted by Gasteiger charge is -2.30. The summed E-state index contributed by atoms with van der Waals surface area (Å²) in [5, 5.41) is 4.62. The van der Waals surface area contributed by atoms with E-state index in [0.29, 0.717) is 0 Å². The summed E-state index contributed by atoms with van der Waals surface area (Å²) in [4.78, 5) is 2.42. The quantitative estimate of drug-likeness (QED) is 0.166. The van der Waals surface area contributed by atoms with Gasteiger partial charge in [0.15, 0.2) is 0 Å². The van der Waals surface area contributed by atoms with E-state index >= 15 is 0 Å². The largest absolute Gasteiger partial charge is 0.456 e. The van der Waals surface area contributed by atoms with Gasteiger partial charge in [-0.25, -0.2) is 0 Å². The molecule has 0 radical (unpaired) electrons. The molecule has 0 saturated heterocycles. The lowest BCUT2D eigenvalue weighted by atomic mass is 9.89. The van der Waals surface area contributed by atoms with Crippen molar-refractivity contribution in [3.63, 3.8) is 0 Å². The van der Waals surface area contributed by atoms with Crippen LogP contribution in [0.4, 0.5) is 17.1 Å². The summed E-state index contributed by atoms with van der Waals surface area (Å²) >= 11 is 0. The van der Waals surface area contributed by atoms with E-state index in [2.05, 4.69) is 211 Å². The Morgan fingerprint density at radius 2 is 0.926 bits per heavy atom. The average Bonchev–Trinajstić information content (AvgIpc) is 3.64. The van der Waals surface area contributed by atoms with Crippen LogP contribution in [0.5, 0.6) is 0 Å². The second kappa shape index (κ2) is 13.4. The van der Waals surface area contributed by atoms with E-state index in [0.717, 1.165) is 61.3 Å². The standard InChI is InChI=1S/C52H35NO/c1-4-16-36(17-5-1)39-30-31-45(48(35-39)38-18-6-2-7-19-38)46-32-33-50-51(47-27-12-13-29-49(47)54-50)52(46)53(41-23-8-3-9-24-41)42-25-14-22-40(34-42)44-28-15-21-37-20-10-11-26-43(37)44/h1-35H. The predicted octanol–water partition coefficient (Wildman–Crippen LogP) is 14.9. The molecule has 10 aromatic rings. The maximum absolute atomic E-state index is 6.61. The van der Waals surface area contributed by atoms with Gasteiger partial charge in [-0.2, -0.15) is 0 Å². The van der Waals surface area contributed by atoms with E-state index in [1.807, 2.05) is 6.07 Å². The molecule has 0 fully saturated rings. The fraction of sp³-hybridized carbons (Fsp3) is 0. The van der Waals surface area contributed by atoms with Crippen molar-refractivity contribution in [3.05, 3.63) is 212 Å². The first-order chi connectivity index (χ1) is 26.8. The van der Waals surface area contributed by atoms with Crippen LogP contribution in [0.2, 0.25) is 0 Å². The number of benzene rings is 9. The van der Waals surface area contributed by atoms with Crippen molar-refractivity contribution < 1.29 is 4.42 Å². The van der Waals surface area contributed by atoms with Crippen molar-refractivity contribution in [1.82, 2.24) is 0 Å². The second-order valence-corrected chi connectivity index (χ2v) is 13.7. The molecule has 10 rings (SSSR count). The van der Waals surface area contributed by atoms with Gasteiger partial charge >= 0.3 is 0 Å². The minimum atomic E-state index is 0.850. The summed E-state index contributed by atoms with van der Waals surface area (Å²) in [5.74, 6) is 0. The molecule has 254 valence electrons. The highest BCUT2D eigenvalue weighted by Gasteiger charge is 2.25. The first-order valence-corrected chi connectivity index (χ1v) is 18.4. The molecule has 54 heavy (non-hydrogen) atoms. The Labute approximate surface area is 314 Å². The highest BCUT2D eigenvalue weighted by molar-refractivity contribution is 6.18. The lowest BCUT2D eigenvalue weighted by molar-refractivity contribution is 0.669. The zero-order valence-electron chi connectivity index (χ0n) is 29.6. The lowest BCUT2D eigenvalue weighted by Crippen LogP contribution is -2.12. The monoisotopic (exact) mass is 689 g/mol. The van der Waals surface area contributed by atoms with Gasteiger partial charge in [0.2, 0.25) is 0 Å². The molecule has 0 saturated carbocycles. The maximum Gasteiger partial charge on any atom is 0.137 e. The van der Waals surface area contributed by atoms with Gasteiger partial charge in [-0.3, -0.25) is 0 Å². The number of anilines is 3. The van der Waals surface area contributed by atoms with Crippen molar-refractivity contribution in [1.29, 1.82) is 0 Å². The molecule has 2 heteroatoms. The Hall–Kier alpha value is -7.16. The van der Waals surface area contributed by atoms with Crippen molar-refractivity contribution >= 4 is 49.8 Å². The molecule has 0 spiro atoms. The highest BCUT2D eigenvalue weighted by atomic mass is 16.3. The van der Waals surface area contributed by atoms with Gasteiger partial charge in [0.05, 0.1) is 11.1 Å². The van der Waals surface area contributed by atoms with E-state index in [4.69, 9.17) is 4.42 Å². The van der Waals surface area contributed by atoms with Gasteiger partial charge in [-0.15, -0.1) is 0 Å². The number of nitrogens with zero attached hydrogens (tertiary/aromatic N) is 1. The first kappa shape index (κ1) is 31.6. The Morgan fingerprint density at radius 1 is 0.315 bits per heavy atom. The Balaban J connectivity index is 1.29. The van der Waals surface area contributed by atoms with E-state index in [-0.39, 0.29) is 0 Å². The molecule has 0 amide bonds. The topological polar surface area (TPSA) is 16.4 Å². The van der Waals surface area contributed by atoms with Gasteiger partial charge < -0.3 is 9.32 Å². The third kappa shape index (κ3) is 5.53. The Bertz CT molecular complexity index is 2920. The number of hydrogen-bond donors (Lipinski definition) is 0. The van der Waals surface area contributed by atoms with Crippen LogP contribution in [0.15, 0.2) is 217 Å². The molecule has 0 aliphatic heterocycles. The van der Waals surface area contributed by atoms with Crippen molar-refractivity contribution in [3.8, 4) is 44.5 Å². The average molecular weight is 690 g/mol. The van der Waals surface area contributed by atoms with Gasteiger partial charge in [0.25, 0.3) is 0 Å². The minimum absolute atomic E-state index is 0.850. The fourth-order valence-electron chi connectivity index (χ4n) is 7.97. The van der Waals surface area contributed by atoms with Crippen LogP contribution in [0.25, 0.3) is 77.2 Å². The molecule has 0 bridgehead atoms. The molecule has 1 aromatic heterocycles. The van der Waals surface area contributed by atoms with Crippen LogP contribution >= 0.6 is 0 Å². The van der Waals surface area contributed by atoms with Crippen LogP contribution in [0.3, 0.4) is 0 Å². The molecule has 2 nitrogen and oxygen atoms in total. The zero-order valence-corrected chi connectivity index (χ0v) is 29.6. The Morgan fingerprint density at radius 3 is 1.74 bits per heavy atom. The van der Waals surface area contributed by atoms with Crippen molar-refractivity contribution in [2.24, 2.45) is 0 Å². The van der Waals surface area contributed by atoms with E-state index < -0.39 is 0 Å². The summed E-state index contributed by atoms with van der Waals surface area (Å²) in [7, 11) is 0. The molecule has 0 atom stereocenters. The van der Waals surface area contributed by atoms with Crippen molar-refractivity contribution in [2.45, 2.75) is 0 Å². The number of fused-ring (bicyclic) bond motifs is 4. The molecule has 0 aliphatic rings. The number of para-hydroxylation sites is 2. The summed E-state index contributed by atoms with van der Waals surface area (Å²) in [6.45, 7) is 0. The highest BCUT2D eigenvalue weighted by Crippen LogP contribution is 2.50. The third-order valence-corrected chi connectivity index (χ3v) is 10.5. The maximum atomic E-state index is 6.61. The van der Waals surface area contributed by atoms with Gasteiger partial charge in [-0.05, 0) is 98.2 Å². The smallest absolute Gasteiger partial charge is 0.137 e. The minimum Gasteiger partial charge on any atom is -0.456 e. The van der Waals surface area contributed by atoms with Gasteiger partial charge in [0, 0.05) is 22.3 Å². The third-order valence-electron chi connectivity index (χ3n) is 10.5. The van der Waals surface area contributed by atoms with Crippen LogP contribution < -0.4 is 4.90 Å². The van der Waals surface area contributed by atoms with E-state index in [1.54, 1.807) is 0 Å². The number of furan rings is 1. The predicted molar refractivity (Wildman–Crippen MR) is 228 cm³/mol. The first-order valence-electron chi connectivity index (χ1n) is 18.4. The van der Waals surface area contributed by atoms with Gasteiger partial charge in [0.1, 0.15) is 11.2 Å². The number of hydrogen-bond acceptors (Lipinski definition) is 2. The molecule has 0 aliphatic carbocycles. The Kier molecular flexibility index (Phi) is 7.85. The van der Waals surface area contributed by atoms with Crippen LogP contribution in [-0.2, 0) is 0 Å². The second-order valence-electron chi connectivity index (χ2n) is 13.7. The molecule has 1 heterocycles. The summed E-state index contributed by atoms with van der Waals surface area (Å²) in [6, 6.07) is 75.9. The molecule has 0 unspecified atom stereocenters. The normalized spacial score (nSPS) is 11.3. The molecule has 0 N–H and O–H groups in total. The van der Waals surface area contributed by atoms with E-state index in [9.17, 15) is 0 Å².